The molecule has 146 valence electrons. The summed E-state index contributed by atoms with van der Waals surface area (Å²) in [6, 6.07) is 6.78. The molecule has 4 amide bonds. The summed E-state index contributed by atoms with van der Waals surface area (Å²) >= 11 is 3.42. The molecule has 1 aromatic rings. The minimum atomic E-state index is -0.812. The van der Waals surface area contributed by atoms with Gasteiger partial charge >= 0.3 is 6.03 Å². The molecule has 1 saturated heterocycles. The second-order valence-electron chi connectivity index (χ2n) is 7.65. The van der Waals surface area contributed by atoms with Crippen molar-refractivity contribution in [2.75, 3.05) is 0 Å². The molecule has 1 aromatic carbocycles. The van der Waals surface area contributed by atoms with E-state index >= 15 is 0 Å². The normalized spacial score (nSPS) is 20.6. The summed E-state index contributed by atoms with van der Waals surface area (Å²) in [4.78, 5) is 38.8. The Labute approximate surface area is 168 Å². The van der Waals surface area contributed by atoms with Gasteiger partial charge in [0.25, 0.3) is 5.91 Å². The van der Waals surface area contributed by atoms with Crippen LogP contribution in [0.15, 0.2) is 28.7 Å². The first-order valence-corrected chi connectivity index (χ1v) is 10.3. The molecule has 7 heteroatoms. The van der Waals surface area contributed by atoms with E-state index < -0.39 is 17.6 Å². The zero-order valence-electron chi connectivity index (χ0n) is 15.8. The predicted molar refractivity (Wildman–Crippen MR) is 106 cm³/mol. The van der Waals surface area contributed by atoms with Crippen molar-refractivity contribution in [1.29, 1.82) is 0 Å². The SMILES string of the molecule is C[C@H](CCc1ccc(Br)cc1)NC(=O)[C@@H](C)N1C(=O)NC2(CCCC2)C1=O. The summed E-state index contributed by atoms with van der Waals surface area (Å²) in [5.41, 5.74) is 0.420. The Hall–Kier alpha value is -1.89. The van der Waals surface area contributed by atoms with Crippen molar-refractivity contribution in [3.8, 4) is 0 Å². The van der Waals surface area contributed by atoms with Crippen LogP contribution in [0.1, 0.15) is 51.5 Å². The average molecular weight is 436 g/mol. The highest BCUT2D eigenvalue weighted by molar-refractivity contribution is 9.10. The van der Waals surface area contributed by atoms with Crippen LogP contribution in [0.5, 0.6) is 0 Å². The molecule has 0 radical (unpaired) electrons. The minimum absolute atomic E-state index is 0.0511. The molecular weight excluding hydrogens is 410 g/mol. The first-order valence-electron chi connectivity index (χ1n) is 9.53. The van der Waals surface area contributed by atoms with Crippen LogP contribution in [0.3, 0.4) is 0 Å². The Bertz CT molecular complexity index is 728. The van der Waals surface area contributed by atoms with Crippen LogP contribution in [0, 0.1) is 0 Å². The lowest BCUT2D eigenvalue weighted by Gasteiger charge is -2.25. The second-order valence-corrected chi connectivity index (χ2v) is 8.56. The van der Waals surface area contributed by atoms with Crippen molar-refractivity contribution in [1.82, 2.24) is 15.5 Å². The molecule has 2 atom stereocenters. The van der Waals surface area contributed by atoms with E-state index in [0.717, 1.165) is 35.1 Å². The van der Waals surface area contributed by atoms with Gasteiger partial charge in [-0.3, -0.25) is 9.59 Å². The number of hydrogen-bond donors (Lipinski definition) is 2. The van der Waals surface area contributed by atoms with Gasteiger partial charge in [-0.2, -0.15) is 0 Å². The van der Waals surface area contributed by atoms with Crippen molar-refractivity contribution in [3.63, 3.8) is 0 Å². The number of nitrogens with zero attached hydrogens (tertiary/aromatic N) is 1. The van der Waals surface area contributed by atoms with E-state index in [1.807, 2.05) is 19.1 Å². The lowest BCUT2D eigenvalue weighted by atomic mass is 9.97. The van der Waals surface area contributed by atoms with Crippen LogP contribution in [0.2, 0.25) is 0 Å². The number of benzene rings is 1. The van der Waals surface area contributed by atoms with Crippen molar-refractivity contribution in [3.05, 3.63) is 34.3 Å². The molecule has 1 saturated carbocycles. The van der Waals surface area contributed by atoms with E-state index in [0.29, 0.717) is 12.8 Å². The number of rotatable bonds is 6. The summed E-state index contributed by atoms with van der Waals surface area (Å²) in [6.45, 7) is 3.55. The van der Waals surface area contributed by atoms with Gasteiger partial charge in [0.05, 0.1) is 0 Å². The van der Waals surface area contributed by atoms with Gasteiger partial charge in [-0.25, -0.2) is 9.69 Å². The van der Waals surface area contributed by atoms with Gasteiger partial charge in [0, 0.05) is 10.5 Å². The van der Waals surface area contributed by atoms with E-state index in [-0.39, 0.29) is 17.9 Å². The van der Waals surface area contributed by atoms with Gasteiger partial charge in [-0.05, 0) is 57.2 Å². The highest BCUT2D eigenvalue weighted by Crippen LogP contribution is 2.35. The maximum Gasteiger partial charge on any atom is 0.325 e. The molecule has 0 unspecified atom stereocenters. The molecule has 2 N–H and O–H groups in total. The van der Waals surface area contributed by atoms with Crippen molar-refractivity contribution < 1.29 is 14.4 Å². The maximum atomic E-state index is 12.8. The summed E-state index contributed by atoms with van der Waals surface area (Å²) in [5, 5.41) is 5.76. The first-order chi connectivity index (χ1) is 12.8. The number of imide groups is 1. The third kappa shape index (κ3) is 4.18. The Morgan fingerprint density at radius 1 is 1.22 bits per heavy atom. The van der Waals surface area contributed by atoms with Crippen LogP contribution >= 0.6 is 15.9 Å². The van der Waals surface area contributed by atoms with E-state index in [9.17, 15) is 14.4 Å². The van der Waals surface area contributed by atoms with Gasteiger partial charge in [0.15, 0.2) is 0 Å². The fourth-order valence-electron chi connectivity index (χ4n) is 3.90. The highest BCUT2D eigenvalue weighted by Gasteiger charge is 2.54. The van der Waals surface area contributed by atoms with Crippen LogP contribution < -0.4 is 10.6 Å². The number of halogens is 1. The second kappa shape index (κ2) is 8.00. The highest BCUT2D eigenvalue weighted by atomic mass is 79.9. The number of aryl methyl sites for hydroxylation is 1. The Kier molecular flexibility index (Phi) is 5.89. The lowest BCUT2D eigenvalue weighted by Crippen LogP contribution is -2.51. The average Bonchev–Trinajstić information content (AvgIpc) is 3.19. The summed E-state index contributed by atoms with van der Waals surface area (Å²) in [7, 11) is 0. The minimum Gasteiger partial charge on any atom is -0.352 e. The van der Waals surface area contributed by atoms with Gasteiger partial charge in [0.2, 0.25) is 5.91 Å². The Balaban J connectivity index is 1.54. The lowest BCUT2D eigenvalue weighted by molar-refractivity contribution is -0.138. The Morgan fingerprint density at radius 2 is 1.85 bits per heavy atom. The predicted octanol–water partition coefficient (Wildman–Crippen LogP) is 3.14. The molecule has 2 aliphatic rings. The number of carbonyl (C=O) groups excluding carboxylic acids is 3. The van der Waals surface area contributed by atoms with Crippen molar-refractivity contribution in [2.24, 2.45) is 0 Å². The molecule has 6 nitrogen and oxygen atoms in total. The molecule has 1 heterocycles. The van der Waals surface area contributed by atoms with Crippen molar-refractivity contribution >= 4 is 33.8 Å². The number of urea groups is 1. The molecular formula is C20H26BrN3O3. The topological polar surface area (TPSA) is 78.5 Å². The van der Waals surface area contributed by atoms with E-state index in [1.54, 1.807) is 6.92 Å². The fraction of sp³-hybridized carbons (Fsp3) is 0.550. The number of carbonyl (C=O) groups is 3. The summed E-state index contributed by atoms with van der Waals surface area (Å²) in [5.74, 6) is -0.549. The standard InChI is InChI=1S/C20H26BrN3O3/c1-13(5-6-15-7-9-16(21)10-8-15)22-17(25)14(2)24-18(26)20(23-19(24)27)11-3-4-12-20/h7-10,13-14H,3-6,11-12H2,1-2H3,(H,22,25)(H,23,27)/t13-,14-/m1/s1. The van der Waals surface area contributed by atoms with E-state index in [2.05, 4.69) is 38.7 Å². The van der Waals surface area contributed by atoms with Crippen LogP contribution in [-0.2, 0) is 16.0 Å². The first kappa shape index (κ1) is 19.9. The molecule has 0 bridgehead atoms. The maximum absolute atomic E-state index is 12.8. The Morgan fingerprint density at radius 3 is 2.48 bits per heavy atom. The molecule has 1 spiro atoms. The molecule has 3 rings (SSSR count). The largest absolute Gasteiger partial charge is 0.352 e. The van der Waals surface area contributed by atoms with Gasteiger partial charge in [-0.1, -0.05) is 40.9 Å². The quantitative estimate of drug-likeness (QED) is 0.673. The molecule has 27 heavy (non-hydrogen) atoms. The summed E-state index contributed by atoms with van der Waals surface area (Å²) < 4.78 is 1.04. The molecule has 1 aliphatic carbocycles. The van der Waals surface area contributed by atoms with Gasteiger partial charge in [0.1, 0.15) is 11.6 Å². The van der Waals surface area contributed by atoms with Gasteiger partial charge in [-0.15, -0.1) is 0 Å². The van der Waals surface area contributed by atoms with Crippen LogP contribution in [0.4, 0.5) is 4.79 Å². The van der Waals surface area contributed by atoms with E-state index in [1.165, 1.54) is 5.56 Å². The fourth-order valence-corrected chi connectivity index (χ4v) is 4.16. The van der Waals surface area contributed by atoms with E-state index in [4.69, 9.17) is 0 Å². The third-order valence-electron chi connectivity index (χ3n) is 5.58. The molecule has 1 aliphatic heterocycles. The number of hydrogen-bond acceptors (Lipinski definition) is 3. The zero-order valence-corrected chi connectivity index (χ0v) is 17.3. The zero-order chi connectivity index (χ0) is 19.6. The third-order valence-corrected chi connectivity index (χ3v) is 6.11. The van der Waals surface area contributed by atoms with Crippen LogP contribution in [-0.4, -0.2) is 40.4 Å². The molecule has 0 aromatic heterocycles. The summed E-state index contributed by atoms with van der Waals surface area (Å²) in [6.07, 6.45) is 4.79. The molecule has 2 fully saturated rings. The monoisotopic (exact) mass is 435 g/mol. The smallest absolute Gasteiger partial charge is 0.325 e. The van der Waals surface area contributed by atoms with Crippen LogP contribution in [0.25, 0.3) is 0 Å². The number of nitrogens with one attached hydrogen (secondary N) is 2. The number of amides is 4. The van der Waals surface area contributed by atoms with Gasteiger partial charge < -0.3 is 10.6 Å². The van der Waals surface area contributed by atoms with Crippen molar-refractivity contribution in [2.45, 2.75) is 70.0 Å².